The van der Waals surface area contributed by atoms with E-state index in [0.29, 0.717) is 5.57 Å². The van der Waals surface area contributed by atoms with Gasteiger partial charge in [-0.3, -0.25) is 4.79 Å². The molecule has 21 heteroatoms. The number of fused-ring (bicyclic) bond motifs is 5. The van der Waals surface area contributed by atoms with Crippen molar-refractivity contribution in [1.29, 1.82) is 0 Å². The summed E-state index contributed by atoms with van der Waals surface area (Å²) in [7, 11) is 0. The number of halogens is 1. The first-order chi connectivity index (χ1) is 21.2. The van der Waals surface area contributed by atoms with Gasteiger partial charge in [0.25, 0.3) is 21.0 Å². The van der Waals surface area contributed by atoms with Crippen molar-refractivity contribution < 1.29 is 64.2 Å². The summed E-state index contributed by atoms with van der Waals surface area (Å²) < 4.78 is 24.1. The van der Waals surface area contributed by atoms with Gasteiger partial charge in [0.1, 0.15) is 18.2 Å². The lowest BCUT2D eigenvalue weighted by Crippen LogP contribution is -3.25. The molecule has 1 saturated heterocycles. The van der Waals surface area contributed by atoms with Gasteiger partial charge in [-0.2, -0.15) is 5.21 Å². The number of carbonyl (C=O) groups is 1. The average molecular weight is 664 g/mol. The predicted molar refractivity (Wildman–Crippen MR) is 141 cm³/mol. The topological polar surface area (TPSA) is 268 Å². The number of carbonyl (C=O) groups excluding carboxylic acids is 1. The van der Waals surface area contributed by atoms with E-state index in [1.165, 1.54) is 39.8 Å². The molecule has 1 heterocycles. The van der Waals surface area contributed by atoms with Crippen LogP contribution in [0, 0.1) is 63.4 Å². The number of ketones is 1. The molecular formula is C25H34FN5O15. The summed E-state index contributed by atoms with van der Waals surface area (Å²) in [6.45, 7) is 3.72. The number of allylic oxidation sites excluding steroid dienone is 4. The van der Waals surface area contributed by atoms with E-state index in [1.807, 2.05) is 0 Å². The fourth-order valence-corrected chi connectivity index (χ4v) is 9.33. The van der Waals surface area contributed by atoms with Crippen molar-refractivity contribution in [2.24, 2.45) is 22.7 Å². The molecule has 11 atom stereocenters. The van der Waals surface area contributed by atoms with Gasteiger partial charge in [0, 0.05) is 16.7 Å². The highest BCUT2D eigenvalue weighted by molar-refractivity contribution is 6.01. The first-order valence-corrected chi connectivity index (χ1v) is 14.4. The number of quaternary nitrogens is 2. The summed E-state index contributed by atoms with van der Waals surface area (Å²) in [5.41, 5.74) is -13.2. The van der Waals surface area contributed by atoms with Crippen LogP contribution in [-0.4, -0.2) is 74.2 Å². The predicted octanol–water partition coefficient (Wildman–Crippen LogP) is -0.702. The summed E-state index contributed by atoms with van der Waals surface area (Å²) in [4.78, 5) is 67.7. The molecule has 0 amide bonds. The maximum Gasteiger partial charge on any atom is 0.294 e. The Morgan fingerprint density at radius 2 is 1.72 bits per heavy atom. The van der Waals surface area contributed by atoms with Crippen molar-refractivity contribution in [3.05, 3.63) is 64.6 Å². The van der Waals surface area contributed by atoms with Gasteiger partial charge >= 0.3 is 0 Å². The number of hydrogen-bond acceptors (Lipinski definition) is 15. The van der Waals surface area contributed by atoms with Crippen molar-refractivity contribution in [2.45, 2.75) is 88.1 Å². The standard InChI is InChI=1S/C25H34FN5O15/c1-20(2)12-42-23(27(20)33,13-43-28(34)35)25(46-31(40)41)18(44-29(36)37)10-17-16-6-5-14-9-15(32)7-8-21(14,3)24(16,26)19(45-30(38)39)11-22(17,25)4/h7-9,16-19,27,31,40H,5-6,10-13H2,1-4H3/t16?,17?,18-,19+,21+,22+,23?,24+,25-/m1/s1. The Bertz CT molecular complexity index is 1400. The van der Waals surface area contributed by atoms with Crippen molar-refractivity contribution in [2.75, 3.05) is 13.2 Å². The van der Waals surface area contributed by atoms with Gasteiger partial charge in [-0.1, -0.05) is 24.0 Å². The Hall–Kier alpha value is -3.60. The molecule has 20 nitrogen and oxygen atoms in total. The molecule has 1 aliphatic heterocycles. The molecule has 3 N–H and O–H groups in total. The highest BCUT2D eigenvalue weighted by Gasteiger charge is 2.87. The Morgan fingerprint density at radius 3 is 2.26 bits per heavy atom. The van der Waals surface area contributed by atoms with E-state index >= 15 is 4.39 Å². The van der Waals surface area contributed by atoms with Gasteiger partial charge in [0.2, 0.25) is 5.60 Å². The smallest absolute Gasteiger partial charge is 0.294 e. The summed E-state index contributed by atoms with van der Waals surface area (Å²) in [6.07, 6.45) is -1.79. The monoisotopic (exact) mass is 663 g/mol. The summed E-state index contributed by atoms with van der Waals surface area (Å²) >= 11 is 0. The van der Waals surface area contributed by atoms with Crippen molar-refractivity contribution in [1.82, 2.24) is 0 Å². The van der Waals surface area contributed by atoms with Crippen molar-refractivity contribution in [3.63, 3.8) is 0 Å². The third-order valence-corrected chi connectivity index (χ3v) is 11.1. The van der Waals surface area contributed by atoms with E-state index in [4.69, 9.17) is 19.2 Å². The minimum absolute atomic E-state index is 0.0933. The zero-order chi connectivity index (χ0) is 34.3. The van der Waals surface area contributed by atoms with Crippen LogP contribution in [0.4, 0.5) is 4.39 Å². The number of nitrogens with zero attached hydrogens (tertiary/aromatic N) is 3. The second kappa shape index (κ2) is 10.7. The molecule has 256 valence electrons. The molecule has 4 aliphatic carbocycles. The molecule has 0 aromatic rings. The summed E-state index contributed by atoms with van der Waals surface area (Å²) in [6, 6.07) is 0. The van der Waals surface area contributed by atoms with Crippen LogP contribution in [0.2, 0.25) is 0 Å². The lowest BCUT2D eigenvalue weighted by molar-refractivity contribution is -1.22. The largest absolute Gasteiger partial charge is 0.632 e. The number of rotatable bonds is 10. The highest BCUT2D eigenvalue weighted by Crippen LogP contribution is 2.72. The molecule has 0 bridgehead atoms. The maximum atomic E-state index is 18.2. The second-order valence-corrected chi connectivity index (χ2v) is 13.5. The number of nitrogens with one attached hydrogen (secondary N) is 2. The Labute approximate surface area is 259 Å². The van der Waals surface area contributed by atoms with E-state index in [0.717, 1.165) is 6.08 Å². The normalized spacial score (nSPS) is 44.7. The zero-order valence-electron chi connectivity index (χ0n) is 25.2. The van der Waals surface area contributed by atoms with Crippen LogP contribution < -0.4 is 10.5 Å². The SMILES string of the molecule is CC1(C)COC(CO[N+](=O)[O-])([C@@]2(O[NH+]([O-])O)[C@H](O[N+](=O)[O-])CC3C4CCC5=CC(=O)C=C[C@]5(C)[C@@]4(F)[C@@H](O[N+](=O)[O-])C[C@@]32C)[NH+]1[O-]. The fourth-order valence-electron chi connectivity index (χ4n) is 9.33. The van der Waals surface area contributed by atoms with Gasteiger partial charge in [-0.15, -0.1) is 35.2 Å². The van der Waals surface area contributed by atoms with Gasteiger partial charge in [0.15, 0.2) is 24.2 Å². The number of hydroxylamine groups is 2. The van der Waals surface area contributed by atoms with Crippen molar-refractivity contribution in [3.8, 4) is 0 Å². The Kier molecular flexibility index (Phi) is 7.86. The molecule has 5 rings (SSSR count). The quantitative estimate of drug-likeness (QED) is 0.148. The van der Waals surface area contributed by atoms with Crippen molar-refractivity contribution >= 4 is 5.78 Å². The van der Waals surface area contributed by atoms with E-state index in [2.05, 4.69) is 4.84 Å². The Morgan fingerprint density at radius 1 is 1.09 bits per heavy atom. The van der Waals surface area contributed by atoms with Crippen LogP contribution in [-0.2, 0) is 28.9 Å². The first-order valence-electron chi connectivity index (χ1n) is 14.4. The van der Waals surface area contributed by atoms with Crippen LogP contribution in [0.3, 0.4) is 0 Å². The molecule has 46 heavy (non-hydrogen) atoms. The molecule has 3 saturated carbocycles. The number of alkyl halides is 1. The minimum atomic E-state index is -2.88. The Balaban J connectivity index is 1.81. The minimum Gasteiger partial charge on any atom is -0.632 e. The van der Waals surface area contributed by atoms with Gasteiger partial charge in [-0.25, -0.2) is 4.39 Å². The summed E-state index contributed by atoms with van der Waals surface area (Å²) in [5.74, 6) is -2.92. The number of ether oxygens (including phenoxy) is 1. The van der Waals surface area contributed by atoms with E-state index in [1.54, 1.807) is 0 Å². The van der Waals surface area contributed by atoms with Gasteiger partial charge < -0.3 is 34.7 Å². The maximum absolute atomic E-state index is 18.2. The summed E-state index contributed by atoms with van der Waals surface area (Å²) in [5, 5.41) is 65.4. The van der Waals surface area contributed by atoms with Crippen LogP contribution in [0.25, 0.3) is 0 Å². The second-order valence-electron chi connectivity index (χ2n) is 13.5. The third-order valence-electron chi connectivity index (χ3n) is 11.1. The molecule has 0 aromatic carbocycles. The molecule has 5 aliphatic rings. The van der Waals surface area contributed by atoms with E-state index in [9.17, 15) is 50.8 Å². The van der Waals surface area contributed by atoms with E-state index < -0.39 is 115 Å². The van der Waals surface area contributed by atoms with Crippen LogP contribution in [0.15, 0.2) is 23.8 Å². The number of hydrogen-bond donors (Lipinski definition) is 3. The van der Waals surface area contributed by atoms with Crippen LogP contribution >= 0.6 is 0 Å². The van der Waals surface area contributed by atoms with Gasteiger partial charge in [0.05, 0.1) is 0 Å². The third kappa shape index (κ3) is 4.40. The lowest BCUT2D eigenvalue weighted by atomic mass is 9.44. The molecule has 4 fully saturated rings. The molecule has 5 unspecified atom stereocenters. The van der Waals surface area contributed by atoms with Crippen LogP contribution in [0.5, 0.6) is 0 Å². The van der Waals surface area contributed by atoms with Gasteiger partial charge in [-0.05, 0) is 64.5 Å². The molecule has 0 aromatic heterocycles. The highest BCUT2D eigenvalue weighted by atomic mass is 19.1. The van der Waals surface area contributed by atoms with E-state index in [-0.39, 0.29) is 12.8 Å². The van der Waals surface area contributed by atoms with Crippen LogP contribution in [0.1, 0.15) is 53.4 Å². The first kappa shape index (κ1) is 33.8. The lowest BCUT2D eigenvalue weighted by Gasteiger charge is -2.64. The zero-order valence-corrected chi connectivity index (χ0v) is 25.2. The fraction of sp³-hybridized carbons (Fsp3) is 0.800. The molecule has 0 radical (unpaired) electrons. The average Bonchev–Trinajstić information content (AvgIpc) is 3.31. The molecule has 0 spiro atoms. The molecular weight excluding hydrogens is 629 g/mol.